The van der Waals surface area contributed by atoms with E-state index in [9.17, 15) is 14.7 Å². The number of nitrogen functional groups attached to an aromatic ring is 1. The lowest BCUT2D eigenvalue weighted by atomic mass is 9.92. The summed E-state index contributed by atoms with van der Waals surface area (Å²) in [6.45, 7) is 2.40. The van der Waals surface area contributed by atoms with Gasteiger partial charge in [0.05, 0.1) is 16.7 Å². The molecule has 0 spiro atoms. The topological polar surface area (TPSA) is 124 Å². The maximum absolute atomic E-state index is 13.7. The lowest BCUT2D eigenvalue weighted by molar-refractivity contribution is 0.0986. The van der Waals surface area contributed by atoms with E-state index in [-0.39, 0.29) is 29.4 Å². The lowest BCUT2D eigenvalue weighted by Gasteiger charge is -2.19. The number of halogens is 1. The third-order valence-electron chi connectivity index (χ3n) is 7.04. The van der Waals surface area contributed by atoms with Gasteiger partial charge in [-0.3, -0.25) is 14.9 Å². The number of fused-ring (bicyclic) bond motifs is 4. The number of rotatable bonds is 4. The van der Waals surface area contributed by atoms with Gasteiger partial charge in [0.1, 0.15) is 5.75 Å². The number of amides is 2. The zero-order valence-electron chi connectivity index (χ0n) is 20.5. The van der Waals surface area contributed by atoms with E-state index in [1.54, 1.807) is 53.4 Å². The molecule has 0 unspecified atom stereocenters. The highest BCUT2D eigenvalue weighted by molar-refractivity contribution is 6.19. The maximum atomic E-state index is 13.7. The van der Waals surface area contributed by atoms with Gasteiger partial charge in [-0.1, -0.05) is 18.2 Å². The molecule has 2 heterocycles. The number of phenolic OH excluding ortho intramolecular Hbond substituents is 1. The van der Waals surface area contributed by atoms with Crippen LogP contribution in [0.1, 0.15) is 37.8 Å². The Morgan fingerprint density at radius 2 is 1.89 bits per heavy atom. The zero-order valence-corrected chi connectivity index (χ0v) is 21.2. The fourth-order valence-corrected chi connectivity index (χ4v) is 5.44. The Labute approximate surface area is 223 Å². The van der Waals surface area contributed by atoms with Gasteiger partial charge in [0.15, 0.2) is 0 Å². The number of H-pyrrole nitrogens is 1. The van der Waals surface area contributed by atoms with Crippen LogP contribution in [-0.2, 0) is 0 Å². The Kier molecular flexibility index (Phi) is 5.69. The number of nitrogens with two attached hydrogens (primary N) is 1. The summed E-state index contributed by atoms with van der Waals surface area (Å²) in [5.41, 5.74) is 11.0. The van der Waals surface area contributed by atoms with Crippen LogP contribution in [0.3, 0.4) is 0 Å². The Hall–Kier alpha value is -4.56. The number of nitrogens with zero attached hydrogens (tertiary/aromatic N) is 2. The first-order chi connectivity index (χ1) is 18.3. The number of aromatic nitrogens is 2. The summed E-state index contributed by atoms with van der Waals surface area (Å²) in [4.78, 5) is 35.5. The maximum Gasteiger partial charge on any atom is 0.258 e. The molecule has 5 aromatic rings. The molecule has 0 fully saturated rings. The van der Waals surface area contributed by atoms with Crippen molar-refractivity contribution in [1.82, 2.24) is 9.97 Å². The Morgan fingerprint density at radius 3 is 2.66 bits per heavy atom. The summed E-state index contributed by atoms with van der Waals surface area (Å²) >= 11 is 6.36. The smallest absolute Gasteiger partial charge is 0.258 e. The predicted octanol–water partition coefficient (Wildman–Crippen LogP) is 5.55. The summed E-state index contributed by atoms with van der Waals surface area (Å²) in [7, 11) is 0. The van der Waals surface area contributed by atoms with Crippen molar-refractivity contribution in [1.29, 1.82) is 0 Å². The molecule has 1 aliphatic heterocycles. The molecule has 0 bridgehead atoms. The average Bonchev–Trinajstić information content (AvgIpc) is 3.48. The van der Waals surface area contributed by atoms with Crippen LogP contribution in [0.5, 0.6) is 5.75 Å². The van der Waals surface area contributed by atoms with Crippen LogP contribution in [-0.4, -0.2) is 39.3 Å². The predicted molar refractivity (Wildman–Crippen MR) is 150 cm³/mol. The Balaban J connectivity index is 1.33. The van der Waals surface area contributed by atoms with E-state index < -0.39 is 0 Å². The van der Waals surface area contributed by atoms with Crippen molar-refractivity contribution >= 4 is 62.5 Å². The number of alkyl halides is 1. The van der Waals surface area contributed by atoms with Gasteiger partial charge in [-0.2, -0.15) is 0 Å². The number of anilines is 3. The number of carbonyl (C=O) groups excluding carboxylic acids is 2. The lowest BCUT2D eigenvalue weighted by Crippen LogP contribution is -2.30. The van der Waals surface area contributed by atoms with E-state index in [1.807, 2.05) is 25.1 Å². The number of imidazole rings is 1. The van der Waals surface area contributed by atoms with Crippen molar-refractivity contribution in [3.63, 3.8) is 0 Å². The molecule has 1 aliphatic rings. The fraction of sp³-hybridized carbons (Fsp3) is 0.138. The van der Waals surface area contributed by atoms with E-state index in [2.05, 4.69) is 15.3 Å². The molecule has 6 rings (SSSR count). The van der Waals surface area contributed by atoms with Gasteiger partial charge in [-0.15, -0.1) is 11.6 Å². The zero-order chi connectivity index (χ0) is 26.6. The van der Waals surface area contributed by atoms with Crippen LogP contribution >= 0.6 is 11.6 Å². The van der Waals surface area contributed by atoms with Crippen LogP contribution in [0.4, 0.5) is 17.3 Å². The fourth-order valence-electron chi connectivity index (χ4n) is 5.18. The minimum atomic E-state index is -0.330. The van der Waals surface area contributed by atoms with E-state index in [4.69, 9.17) is 17.3 Å². The molecular weight excluding hydrogens is 502 g/mol. The van der Waals surface area contributed by atoms with E-state index in [0.717, 1.165) is 21.9 Å². The highest BCUT2D eigenvalue weighted by Gasteiger charge is 2.35. The minimum absolute atomic E-state index is 0.0657. The summed E-state index contributed by atoms with van der Waals surface area (Å²) in [5.74, 6) is 0.128. The van der Waals surface area contributed by atoms with Gasteiger partial charge in [0.2, 0.25) is 5.95 Å². The SMILES string of the molecule is Cc1cccc2c(O)cc3c(c12)[C@H](CCl)CN3C(=O)c1ccc2[nH]c(NC(=O)c3ccc(N)cc3)nc2c1. The molecule has 2 amide bonds. The summed E-state index contributed by atoms with van der Waals surface area (Å²) in [6, 6.07) is 19.2. The molecular formula is C29H24ClN5O3. The highest BCUT2D eigenvalue weighted by Crippen LogP contribution is 2.46. The van der Waals surface area contributed by atoms with Crippen molar-refractivity contribution in [3.8, 4) is 5.75 Å². The average molecular weight is 526 g/mol. The largest absolute Gasteiger partial charge is 0.507 e. The molecule has 0 radical (unpaired) electrons. The molecule has 9 heteroatoms. The normalized spacial score (nSPS) is 14.7. The number of hydrogen-bond acceptors (Lipinski definition) is 5. The van der Waals surface area contributed by atoms with Crippen LogP contribution in [0.2, 0.25) is 0 Å². The highest BCUT2D eigenvalue weighted by atomic mass is 35.5. The van der Waals surface area contributed by atoms with Crippen LogP contribution in [0, 0.1) is 6.92 Å². The van der Waals surface area contributed by atoms with Gasteiger partial charge in [0.25, 0.3) is 11.8 Å². The molecule has 4 aromatic carbocycles. The molecule has 0 aliphatic carbocycles. The van der Waals surface area contributed by atoms with Crippen LogP contribution < -0.4 is 16.0 Å². The van der Waals surface area contributed by atoms with E-state index in [0.29, 0.717) is 46.0 Å². The molecule has 1 aromatic heterocycles. The van der Waals surface area contributed by atoms with Crippen molar-refractivity contribution in [3.05, 3.63) is 89.0 Å². The minimum Gasteiger partial charge on any atom is -0.507 e. The number of aryl methyl sites for hydroxylation is 1. The summed E-state index contributed by atoms with van der Waals surface area (Å²) < 4.78 is 0. The van der Waals surface area contributed by atoms with Gasteiger partial charge < -0.3 is 20.7 Å². The van der Waals surface area contributed by atoms with Crippen LogP contribution in [0.25, 0.3) is 21.8 Å². The third kappa shape index (κ3) is 3.90. The number of carbonyl (C=O) groups is 2. The first kappa shape index (κ1) is 23.8. The molecule has 5 N–H and O–H groups in total. The van der Waals surface area contributed by atoms with Gasteiger partial charge in [-0.05, 0) is 65.9 Å². The molecule has 8 nitrogen and oxygen atoms in total. The number of benzene rings is 4. The van der Waals surface area contributed by atoms with Crippen molar-refractivity contribution in [2.75, 3.05) is 28.4 Å². The number of aromatic amines is 1. The van der Waals surface area contributed by atoms with Crippen LogP contribution in [0.15, 0.2) is 66.7 Å². The molecule has 190 valence electrons. The van der Waals surface area contributed by atoms with Crippen molar-refractivity contribution in [2.45, 2.75) is 12.8 Å². The summed E-state index contributed by atoms with van der Waals surface area (Å²) in [6.07, 6.45) is 0. The van der Waals surface area contributed by atoms with E-state index in [1.165, 1.54) is 0 Å². The molecule has 38 heavy (non-hydrogen) atoms. The van der Waals surface area contributed by atoms with Gasteiger partial charge in [0, 0.05) is 46.6 Å². The molecule has 0 saturated heterocycles. The second-order valence-corrected chi connectivity index (χ2v) is 9.80. The summed E-state index contributed by atoms with van der Waals surface area (Å²) in [5, 5.41) is 15.2. The van der Waals surface area contributed by atoms with Crippen molar-refractivity contribution in [2.24, 2.45) is 0 Å². The standard InChI is InChI=1S/C29H24ClN5O3/c1-15-3-2-4-20-24(36)12-23-26(25(15)20)18(13-30)14-35(23)28(38)17-7-10-21-22(11-17)33-29(32-21)34-27(37)16-5-8-19(31)9-6-16/h2-12,18,36H,13-14,31H2,1H3,(H2,32,33,34,37)/t18-/m1/s1. The van der Waals surface area contributed by atoms with Crippen molar-refractivity contribution < 1.29 is 14.7 Å². The van der Waals surface area contributed by atoms with Gasteiger partial charge in [-0.25, -0.2) is 4.98 Å². The van der Waals surface area contributed by atoms with E-state index >= 15 is 0 Å². The molecule has 0 saturated carbocycles. The Bertz CT molecular complexity index is 1750. The number of hydrogen-bond donors (Lipinski definition) is 4. The first-order valence-corrected chi connectivity index (χ1v) is 12.7. The Morgan fingerprint density at radius 1 is 1.13 bits per heavy atom. The first-order valence-electron chi connectivity index (χ1n) is 12.1. The van der Waals surface area contributed by atoms with Gasteiger partial charge >= 0.3 is 0 Å². The number of nitrogens with one attached hydrogen (secondary N) is 2. The molecule has 1 atom stereocenters. The quantitative estimate of drug-likeness (QED) is 0.181. The third-order valence-corrected chi connectivity index (χ3v) is 7.41. The number of phenols is 1. The second-order valence-electron chi connectivity index (χ2n) is 9.49. The number of aromatic hydroxyl groups is 1. The monoisotopic (exact) mass is 525 g/mol. The second kappa shape index (κ2) is 9.08.